The van der Waals surface area contributed by atoms with Crippen LogP contribution in [0.4, 0.5) is 4.39 Å². The average Bonchev–Trinajstić information content (AvgIpc) is 2.73. The molecule has 1 fully saturated rings. The summed E-state index contributed by atoms with van der Waals surface area (Å²) in [4.78, 5) is 13.9. The first-order valence-electron chi connectivity index (χ1n) is 8.89. The summed E-state index contributed by atoms with van der Waals surface area (Å²) in [5.41, 5.74) is 0. The number of amides is 1. The van der Waals surface area contributed by atoms with Crippen molar-refractivity contribution in [2.45, 2.75) is 11.0 Å². The molecular formula is C19H19FN2O5S. The Hall–Kier alpha value is -2.65. The summed E-state index contributed by atoms with van der Waals surface area (Å²) in [6.07, 6.45) is -0.773. The molecule has 1 saturated heterocycles. The fourth-order valence-corrected chi connectivity index (χ4v) is 4.77. The van der Waals surface area contributed by atoms with Gasteiger partial charge in [0.05, 0.1) is 0 Å². The molecule has 0 radical (unpaired) electrons. The van der Waals surface area contributed by atoms with Crippen molar-refractivity contribution in [3.05, 3.63) is 54.3 Å². The highest BCUT2D eigenvalue weighted by Gasteiger charge is 2.36. The van der Waals surface area contributed by atoms with E-state index in [1.807, 2.05) is 6.07 Å². The summed E-state index contributed by atoms with van der Waals surface area (Å²) in [6, 6.07) is 12.4. The van der Waals surface area contributed by atoms with E-state index in [2.05, 4.69) is 0 Å². The minimum absolute atomic E-state index is 0.0899. The lowest BCUT2D eigenvalue weighted by atomic mass is 10.2. The van der Waals surface area contributed by atoms with E-state index in [-0.39, 0.29) is 43.6 Å². The quantitative estimate of drug-likeness (QED) is 0.772. The van der Waals surface area contributed by atoms with Crippen molar-refractivity contribution >= 4 is 15.9 Å². The molecule has 0 N–H and O–H groups in total. The summed E-state index contributed by atoms with van der Waals surface area (Å²) < 4.78 is 51.7. The molecule has 28 heavy (non-hydrogen) atoms. The van der Waals surface area contributed by atoms with E-state index in [1.165, 1.54) is 22.5 Å². The van der Waals surface area contributed by atoms with Crippen LogP contribution in [-0.2, 0) is 14.8 Å². The molecule has 0 aliphatic carbocycles. The largest absolute Gasteiger partial charge is 0.485 e. The van der Waals surface area contributed by atoms with Crippen molar-refractivity contribution in [2.24, 2.45) is 0 Å². The maximum absolute atomic E-state index is 13.9. The second-order valence-corrected chi connectivity index (χ2v) is 8.43. The van der Waals surface area contributed by atoms with Crippen LogP contribution in [0.25, 0.3) is 0 Å². The minimum atomic E-state index is -3.94. The number of carbonyl (C=O) groups is 1. The molecule has 2 aliphatic rings. The van der Waals surface area contributed by atoms with Crippen LogP contribution >= 0.6 is 0 Å². The fraction of sp³-hybridized carbons (Fsp3) is 0.316. The highest BCUT2D eigenvalue weighted by Crippen LogP contribution is 2.31. The van der Waals surface area contributed by atoms with E-state index in [1.54, 1.807) is 23.1 Å². The highest BCUT2D eigenvalue weighted by atomic mass is 32.2. The van der Waals surface area contributed by atoms with E-state index in [9.17, 15) is 17.6 Å². The lowest BCUT2D eigenvalue weighted by molar-refractivity contribution is -0.142. The van der Waals surface area contributed by atoms with Crippen molar-refractivity contribution < 1.29 is 27.1 Å². The van der Waals surface area contributed by atoms with Crippen LogP contribution in [0.3, 0.4) is 0 Å². The molecule has 148 valence electrons. The maximum atomic E-state index is 13.9. The Labute approximate surface area is 162 Å². The molecule has 2 aliphatic heterocycles. The van der Waals surface area contributed by atoms with E-state index >= 15 is 0 Å². The minimum Gasteiger partial charge on any atom is -0.485 e. The fourth-order valence-electron chi connectivity index (χ4n) is 3.29. The van der Waals surface area contributed by atoms with Gasteiger partial charge in [-0.25, -0.2) is 12.8 Å². The standard InChI is InChI=1S/C19H19FN2O5S/c20-14-5-1-4-8-18(14)28(24,25)22-11-9-21(10-12-22)19(23)17-13-26-15-6-2-3-7-16(15)27-17/h1-8,17H,9-13H2/t17-/m1/s1. The molecule has 2 aromatic carbocycles. The Bertz CT molecular complexity index is 989. The van der Waals surface area contributed by atoms with Crippen molar-refractivity contribution in [1.29, 1.82) is 0 Å². The van der Waals surface area contributed by atoms with Gasteiger partial charge in [-0.3, -0.25) is 4.79 Å². The molecule has 1 atom stereocenters. The summed E-state index contributed by atoms with van der Waals surface area (Å²) in [5.74, 6) is 0.0603. The van der Waals surface area contributed by atoms with Gasteiger partial charge in [-0.2, -0.15) is 4.31 Å². The number of para-hydroxylation sites is 2. The molecule has 4 rings (SSSR count). The van der Waals surface area contributed by atoms with Crippen molar-refractivity contribution in [3.63, 3.8) is 0 Å². The van der Waals surface area contributed by atoms with Gasteiger partial charge in [0.15, 0.2) is 11.5 Å². The number of carbonyl (C=O) groups excluding carboxylic acids is 1. The van der Waals surface area contributed by atoms with Gasteiger partial charge >= 0.3 is 0 Å². The Morgan fingerprint density at radius 1 is 0.964 bits per heavy atom. The number of hydrogen-bond acceptors (Lipinski definition) is 5. The van der Waals surface area contributed by atoms with Gasteiger partial charge in [0.2, 0.25) is 16.1 Å². The average molecular weight is 406 g/mol. The van der Waals surface area contributed by atoms with E-state index < -0.39 is 21.9 Å². The predicted molar refractivity (Wildman–Crippen MR) is 98.1 cm³/mol. The number of sulfonamides is 1. The highest BCUT2D eigenvalue weighted by molar-refractivity contribution is 7.89. The van der Waals surface area contributed by atoms with E-state index in [4.69, 9.17) is 9.47 Å². The number of benzene rings is 2. The van der Waals surface area contributed by atoms with E-state index in [0.29, 0.717) is 11.5 Å². The van der Waals surface area contributed by atoms with Crippen molar-refractivity contribution in [1.82, 2.24) is 9.21 Å². The summed E-state index contributed by atoms with van der Waals surface area (Å²) >= 11 is 0. The maximum Gasteiger partial charge on any atom is 0.267 e. The molecule has 0 unspecified atom stereocenters. The lowest BCUT2D eigenvalue weighted by Gasteiger charge is -2.36. The molecule has 0 saturated carbocycles. The third-order valence-corrected chi connectivity index (χ3v) is 6.72. The van der Waals surface area contributed by atoms with Crippen LogP contribution in [-0.4, -0.2) is 62.4 Å². The monoisotopic (exact) mass is 406 g/mol. The van der Waals surface area contributed by atoms with Crippen LogP contribution in [0.2, 0.25) is 0 Å². The third kappa shape index (κ3) is 3.43. The number of ether oxygens (including phenoxy) is 2. The second-order valence-electron chi connectivity index (χ2n) is 6.52. The van der Waals surface area contributed by atoms with Gasteiger partial charge in [-0.05, 0) is 24.3 Å². The van der Waals surface area contributed by atoms with Gasteiger partial charge in [0.25, 0.3) is 5.91 Å². The molecule has 1 amide bonds. The third-order valence-electron chi connectivity index (χ3n) is 4.79. The molecular weight excluding hydrogens is 387 g/mol. The zero-order valence-corrected chi connectivity index (χ0v) is 15.8. The summed E-state index contributed by atoms with van der Waals surface area (Å²) in [5, 5.41) is 0. The SMILES string of the molecule is O=C([C@H]1COc2ccccc2O1)N1CCN(S(=O)(=O)c2ccccc2F)CC1. The topological polar surface area (TPSA) is 76.2 Å². The molecule has 0 spiro atoms. The molecule has 2 heterocycles. The zero-order chi connectivity index (χ0) is 19.7. The first-order valence-corrected chi connectivity index (χ1v) is 10.3. The Morgan fingerprint density at radius 2 is 1.61 bits per heavy atom. The Kier molecular flexibility index (Phi) is 4.94. The number of nitrogens with zero attached hydrogens (tertiary/aromatic N) is 2. The summed E-state index contributed by atoms with van der Waals surface area (Å²) in [6.45, 7) is 0.685. The van der Waals surface area contributed by atoms with Crippen molar-refractivity contribution in [3.8, 4) is 11.5 Å². The number of piperazine rings is 1. The first-order chi connectivity index (χ1) is 13.5. The molecule has 7 nitrogen and oxygen atoms in total. The molecule has 0 bridgehead atoms. The van der Waals surface area contributed by atoms with Crippen LogP contribution in [0, 0.1) is 5.82 Å². The lowest BCUT2D eigenvalue weighted by Crippen LogP contribution is -2.55. The van der Waals surface area contributed by atoms with Gasteiger partial charge in [0.1, 0.15) is 17.3 Å². The van der Waals surface area contributed by atoms with Gasteiger partial charge in [-0.15, -0.1) is 0 Å². The normalized spacial score (nSPS) is 20.0. The first kappa shape index (κ1) is 18.7. The molecule has 2 aromatic rings. The van der Waals surface area contributed by atoms with Crippen molar-refractivity contribution in [2.75, 3.05) is 32.8 Å². The van der Waals surface area contributed by atoms with Crippen LogP contribution in [0.5, 0.6) is 11.5 Å². The van der Waals surface area contributed by atoms with Crippen LogP contribution < -0.4 is 9.47 Å². The number of fused-ring (bicyclic) bond motifs is 1. The van der Waals surface area contributed by atoms with Gasteiger partial charge in [-0.1, -0.05) is 24.3 Å². The Balaban J connectivity index is 1.41. The second kappa shape index (κ2) is 7.40. The van der Waals surface area contributed by atoms with E-state index in [0.717, 1.165) is 6.07 Å². The smallest absolute Gasteiger partial charge is 0.267 e. The van der Waals surface area contributed by atoms with Crippen LogP contribution in [0.15, 0.2) is 53.4 Å². The zero-order valence-electron chi connectivity index (χ0n) is 15.0. The van der Waals surface area contributed by atoms with Crippen LogP contribution in [0.1, 0.15) is 0 Å². The summed E-state index contributed by atoms with van der Waals surface area (Å²) in [7, 11) is -3.94. The molecule has 9 heteroatoms. The van der Waals surface area contributed by atoms with Gasteiger partial charge < -0.3 is 14.4 Å². The predicted octanol–water partition coefficient (Wildman–Crippen LogP) is 1.50. The number of hydrogen-bond donors (Lipinski definition) is 0. The van der Waals surface area contributed by atoms with Gasteiger partial charge in [0, 0.05) is 26.2 Å². The number of halogens is 1. The number of rotatable bonds is 3. The molecule has 0 aromatic heterocycles. The Morgan fingerprint density at radius 3 is 2.32 bits per heavy atom.